The van der Waals surface area contributed by atoms with E-state index in [0.29, 0.717) is 0 Å². The quantitative estimate of drug-likeness (QED) is 0.285. The molecule has 0 aliphatic heterocycles. The Hall–Kier alpha value is 0.285. The van der Waals surface area contributed by atoms with Gasteiger partial charge >= 0.3 is 0 Å². The maximum absolute atomic E-state index is 3.43. The molecule has 0 rings (SSSR count). The van der Waals surface area contributed by atoms with Gasteiger partial charge in [-0.1, -0.05) is 22.0 Å². The van der Waals surface area contributed by atoms with Crippen molar-refractivity contribution in [1.82, 2.24) is 0 Å². The molecule has 0 saturated heterocycles. The molecule has 0 aromatic carbocycles. The van der Waals surface area contributed by atoms with Gasteiger partial charge in [-0.05, 0) is 0 Å². The average Bonchev–Trinajstić information content (AvgIpc) is 1.37. The van der Waals surface area contributed by atoms with E-state index in [0.717, 1.165) is 5.33 Å². The molecule has 5 heavy (non-hydrogen) atoms. The van der Waals surface area contributed by atoms with E-state index in [4.69, 9.17) is 0 Å². The molecule has 0 heterocycles. The van der Waals surface area contributed by atoms with Gasteiger partial charge in [-0.2, -0.15) is 0 Å². The molecule has 0 aliphatic carbocycles. The summed E-state index contributed by atoms with van der Waals surface area (Å²) in [5.74, 6) is 0. The molecule has 0 bridgehead atoms. The molecule has 0 nitrogen and oxygen atoms in total. The minimum absolute atomic E-state index is 0. The van der Waals surface area contributed by atoms with E-state index in [2.05, 4.69) is 22.5 Å². The van der Waals surface area contributed by atoms with Crippen molar-refractivity contribution in [2.75, 3.05) is 5.33 Å². The van der Waals surface area contributed by atoms with Gasteiger partial charge < -0.3 is 0 Å². The third kappa shape index (κ3) is 13.5. The normalized spacial score (nSPS) is 5.00. The van der Waals surface area contributed by atoms with Crippen LogP contribution in [0.3, 0.4) is 0 Å². The van der Waals surface area contributed by atoms with E-state index in [9.17, 15) is 0 Å². The molecular formula is C3H5BBr. The van der Waals surface area contributed by atoms with Crippen molar-refractivity contribution in [3.8, 4) is 0 Å². The fourth-order valence-electron chi connectivity index (χ4n) is 0. The first-order chi connectivity index (χ1) is 1.91. The highest BCUT2D eigenvalue weighted by Gasteiger charge is 1.47. The van der Waals surface area contributed by atoms with Gasteiger partial charge in [0.05, 0.1) is 0 Å². The van der Waals surface area contributed by atoms with Crippen molar-refractivity contribution in [3.63, 3.8) is 0 Å². The Morgan fingerprint density at radius 3 is 2.00 bits per heavy atom. The highest BCUT2D eigenvalue weighted by Crippen LogP contribution is 1.73. The van der Waals surface area contributed by atoms with E-state index in [1.165, 1.54) is 0 Å². The minimum Gasteiger partial charge on any atom is -0.102 e. The molecule has 0 unspecified atom stereocenters. The lowest BCUT2D eigenvalue weighted by molar-refractivity contribution is 1.87. The number of allylic oxidation sites excluding steroid dienone is 1. The van der Waals surface area contributed by atoms with Gasteiger partial charge in [-0.15, -0.1) is 6.58 Å². The zero-order valence-corrected chi connectivity index (χ0v) is 4.53. The van der Waals surface area contributed by atoms with Gasteiger partial charge in [-0.25, -0.2) is 0 Å². The Balaban J connectivity index is 0. The van der Waals surface area contributed by atoms with Crippen LogP contribution in [0.5, 0.6) is 0 Å². The first-order valence-corrected chi connectivity index (χ1v) is 2.21. The molecular weight excluding hydrogens is 127 g/mol. The second-order valence-corrected chi connectivity index (χ2v) is 1.09. The Bertz CT molecular complexity index is 20.9. The summed E-state index contributed by atoms with van der Waals surface area (Å²) in [4.78, 5) is 0. The highest BCUT2D eigenvalue weighted by atomic mass is 79.9. The molecule has 0 aromatic rings. The number of halogens is 1. The zero-order chi connectivity index (χ0) is 3.41. The van der Waals surface area contributed by atoms with E-state index < -0.39 is 0 Å². The summed E-state index contributed by atoms with van der Waals surface area (Å²) in [6.45, 7) is 3.43. The molecule has 0 amide bonds. The SMILES string of the molecule is C=CCBr.[B]. The summed E-state index contributed by atoms with van der Waals surface area (Å²) in [6, 6.07) is 0. The lowest BCUT2D eigenvalue weighted by Crippen LogP contribution is -1.43. The third-order valence-corrected chi connectivity index (χ3v) is 0.567. The molecule has 0 fully saturated rings. The molecule has 0 aliphatic rings. The first-order valence-electron chi connectivity index (χ1n) is 1.08. The van der Waals surface area contributed by atoms with Crippen LogP contribution in [0.4, 0.5) is 0 Å². The number of hydrogen-bond donors (Lipinski definition) is 0. The average molecular weight is 132 g/mol. The van der Waals surface area contributed by atoms with E-state index in [-0.39, 0.29) is 8.41 Å². The van der Waals surface area contributed by atoms with Crippen molar-refractivity contribution >= 4 is 24.3 Å². The summed E-state index contributed by atoms with van der Waals surface area (Å²) in [5.41, 5.74) is 0. The molecule has 3 radical (unpaired) electrons. The van der Waals surface area contributed by atoms with Crippen LogP contribution in [0.2, 0.25) is 0 Å². The number of rotatable bonds is 1. The first kappa shape index (κ1) is 8.99. The zero-order valence-electron chi connectivity index (χ0n) is 2.95. The molecule has 0 aromatic heterocycles. The fourth-order valence-corrected chi connectivity index (χ4v) is 0. The molecule has 0 N–H and O–H groups in total. The highest BCUT2D eigenvalue weighted by molar-refractivity contribution is 9.09. The van der Waals surface area contributed by atoms with Crippen molar-refractivity contribution < 1.29 is 0 Å². The largest absolute Gasteiger partial charge is 0.102 e. The van der Waals surface area contributed by atoms with Gasteiger partial charge in [0, 0.05) is 13.7 Å². The third-order valence-electron chi connectivity index (χ3n) is 0.109. The van der Waals surface area contributed by atoms with Gasteiger partial charge in [0.1, 0.15) is 0 Å². The van der Waals surface area contributed by atoms with Crippen LogP contribution in [-0.2, 0) is 0 Å². The van der Waals surface area contributed by atoms with Crippen LogP contribution in [0.25, 0.3) is 0 Å². The van der Waals surface area contributed by atoms with Gasteiger partial charge in [0.15, 0.2) is 0 Å². The van der Waals surface area contributed by atoms with E-state index >= 15 is 0 Å². The maximum Gasteiger partial charge on any atom is 0.0209 e. The van der Waals surface area contributed by atoms with Crippen LogP contribution in [0, 0.1) is 0 Å². The predicted molar refractivity (Wildman–Crippen MR) is 29.7 cm³/mol. The Morgan fingerprint density at radius 2 is 2.00 bits per heavy atom. The van der Waals surface area contributed by atoms with E-state index in [1.54, 1.807) is 6.08 Å². The molecule has 2 heteroatoms. The fraction of sp³-hybridized carbons (Fsp3) is 0.333. The van der Waals surface area contributed by atoms with Gasteiger partial charge in [0.25, 0.3) is 0 Å². The Labute approximate surface area is 43.0 Å². The van der Waals surface area contributed by atoms with Gasteiger partial charge in [0.2, 0.25) is 0 Å². The minimum atomic E-state index is 0. The summed E-state index contributed by atoms with van der Waals surface area (Å²) in [5, 5.41) is 0.896. The lowest BCUT2D eigenvalue weighted by Gasteiger charge is -1.55. The lowest BCUT2D eigenvalue weighted by atomic mass is 10.8. The molecule has 27 valence electrons. The molecule has 0 atom stereocenters. The molecule has 0 saturated carbocycles. The van der Waals surface area contributed by atoms with Crippen LogP contribution in [0.1, 0.15) is 0 Å². The maximum atomic E-state index is 3.43. The van der Waals surface area contributed by atoms with Crippen molar-refractivity contribution in [3.05, 3.63) is 12.7 Å². The monoisotopic (exact) mass is 131 g/mol. The topological polar surface area (TPSA) is 0 Å². The summed E-state index contributed by atoms with van der Waals surface area (Å²) in [7, 11) is 0. The van der Waals surface area contributed by atoms with Crippen LogP contribution in [0.15, 0.2) is 12.7 Å². The smallest absolute Gasteiger partial charge is 0.0209 e. The Kier molecular flexibility index (Phi) is 15.9. The Morgan fingerprint density at radius 1 is 1.80 bits per heavy atom. The van der Waals surface area contributed by atoms with Crippen molar-refractivity contribution in [2.24, 2.45) is 0 Å². The second-order valence-electron chi connectivity index (χ2n) is 0.443. The predicted octanol–water partition coefficient (Wildman–Crippen LogP) is 1.19. The van der Waals surface area contributed by atoms with Crippen LogP contribution >= 0.6 is 15.9 Å². The van der Waals surface area contributed by atoms with Crippen LogP contribution < -0.4 is 0 Å². The molecule has 0 spiro atoms. The van der Waals surface area contributed by atoms with Crippen molar-refractivity contribution in [2.45, 2.75) is 0 Å². The number of alkyl halides is 1. The van der Waals surface area contributed by atoms with Crippen molar-refractivity contribution in [1.29, 1.82) is 0 Å². The summed E-state index contributed by atoms with van der Waals surface area (Å²) in [6.07, 6.45) is 1.79. The van der Waals surface area contributed by atoms with Crippen LogP contribution in [-0.4, -0.2) is 13.7 Å². The second kappa shape index (κ2) is 8.86. The summed E-state index contributed by atoms with van der Waals surface area (Å²) >= 11 is 3.13. The standard InChI is InChI=1S/C3H5Br.B/c1-2-3-4;/h2H,1,3H2;. The number of hydrogen-bond acceptors (Lipinski definition) is 0. The summed E-state index contributed by atoms with van der Waals surface area (Å²) < 4.78 is 0. The van der Waals surface area contributed by atoms with E-state index in [1.807, 2.05) is 0 Å². The van der Waals surface area contributed by atoms with Gasteiger partial charge in [-0.3, -0.25) is 0 Å².